The van der Waals surface area contributed by atoms with Crippen LogP contribution in [0.4, 0.5) is 0 Å². The highest BCUT2D eigenvalue weighted by molar-refractivity contribution is 5.87. The van der Waals surface area contributed by atoms with E-state index in [-0.39, 0.29) is 0 Å². The molecule has 122 valence electrons. The highest BCUT2D eigenvalue weighted by atomic mass is 16.6. The summed E-state index contributed by atoms with van der Waals surface area (Å²) >= 11 is 0. The number of carboxylic acid groups (broad SMARTS) is 1. The number of nitrogens with two attached hydrogens (primary N) is 1. The zero-order valence-corrected chi connectivity index (χ0v) is 13.8. The van der Waals surface area contributed by atoms with Gasteiger partial charge in [0.05, 0.1) is 0 Å². The summed E-state index contributed by atoms with van der Waals surface area (Å²) in [6.07, 6.45) is 0. The lowest BCUT2D eigenvalue weighted by molar-refractivity contribution is -0.160. The summed E-state index contributed by atoms with van der Waals surface area (Å²) in [6, 6.07) is 5.90. The number of hydrogen-bond acceptors (Lipinski definition) is 4. The molecule has 5 heteroatoms. The van der Waals surface area contributed by atoms with Gasteiger partial charge in [0.25, 0.3) is 0 Å². The topological polar surface area (TPSA) is 89.6 Å². The molecular formula is C17H25NO4. The van der Waals surface area contributed by atoms with E-state index in [2.05, 4.69) is 13.8 Å². The Kier molecular flexibility index (Phi) is 5.72. The lowest BCUT2D eigenvalue weighted by atomic mass is 9.90. The summed E-state index contributed by atoms with van der Waals surface area (Å²) < 4.78 is 5.32. The standard InChI is InChI=1S/C17H25NO4/c1-10(2)11-6-8-12(9-7-11)13(14(18)15(19)20)16(21)22-17(3,4)5/h6-10,13-14H,18H2,1-5H3,(H,19,20)/t13-,14+/m0/s1. The minimum Gasteiger partial charge on any atom is -0.480 e. The Labute approximate surface area is 131 Å². The van der Waals surface area contributed by atoms with Gasteiger partial charge in [-0.25, -0.2) is 0 Å². The summed E-state index contributed by atoms with van der Waals surface area (Å²) in [5, 5.41) is 9.17. The molecule has 0 aromatic heterocycles. The van der Waals surface area contributed by atoms with Gasteiger partial charge in [-0.2, -0.15) is 0 Å². The Morgan fingerprint density at radius 1 is 1.09 bits per heavy atom. The zero-order chi connectivity index (χ0) is 17.1. The van der Waals surface area contributed by atoms with Crippen LogP contribution in [0.3, 0.4) is 0 Å². The smallest absolute Gasteiger partial charge is 0.321 e. The highest BCUT2D eigenvalue weighted by Gasteiger charge is 2.35. The quantitative estimate of drug-likeness (QED) is 0.816. The number of esters is 1. The van der Waals surface area contributed by atoms with E-state index in [0.29, 0.717) is 11.5 Å². The van der Waals surface area contributed by atoms with E-state index in [1.54, 1.807) is 32.9 Å². The van der Waals surface area contributed by atoms with Crippen molar-refractivity contribution in [3.05, 3.63) is 35.4 Å². The maximum absolute atomic E-state index is 12.4. The normalized spacial score (nSPS) is 14.5. The summed E-state index contributed by atoms with van der Waals surface area (Å²) in [5.41, 5.74) is 6.66. The molecule has 1 rings (SSSR count). The maximum Gasteiger partial charge on any atom is 0.321 e. The van der Waals surface area contributed by atoms with E-state index in [0.717, 1.165) is 5.56 Å². The molecule has 0 aliphatic heterocycles. The Bertz CT molecular complexity index is 529. The van der Waals surface area contributed by atoms with Crippen molar-refractivity contribution >= 4 is 11.9 Å². The van der Waals surface area contributed by atoms with E-state index >= 15 is 0 Å². The van der Waals surface area contributed by atoms with Crippen molar-refractivity contribution in [3.8, 4) is 0 Å². The summed E-state index contributed by atoms with van der Waals surface area (Å²) in [4.78, 5) is 23.6. The molecule has 5 nitrogen and oxygen atoms in total. The van der Waals surface area contributed by atoms with E-state index in [9.17, 15) is 14.7 Å². The second-order valence-electron chi connectivity index (χ2n) is 6.70. The van der Waals surface area contributed by atoms with Gasteiger partial charge in [-0.15, -0.1) is 0 Å². The van der Waals surface area contributed by atoms with Gasteiger partial charge >= 0.3 is 11.9 Å². The number of ether oxygens (including phenoxy) is 1. The second kappa shape index (κ2) is 6.92. The molecule has 22 heavy (non-hydrogen) atoms. The fourth-order valence-corrected chi connectivity index (χ4v) is 2.09. The minimum absolute atomic E-state index is 0.349. The van der Waals surface area contributed by atoms with E-state index in [4.69, 9.17) is 10.5 Å². The molecule has 0 saturated heterocycles. The van der Waals surface area contributed by atoms with Crippen molar-refractivity contribution in [1.29, 1.82) is 0 Å². The number of rotatable bonds is 5. The van der Waals surface area contributed by atoms with Crippen molar-refractivity contribution < 1.29 is 19.4 Å². The van der Waals surface area contributed by atoms with Crippen LogP contribution in [0.15, 0.2) is 24.3 Å². The molecule has 0 aliphatic carbocycles. The van der Waals surface area contributed by atoms with Crippen LogP contribution in [0.5, 0.6) is 0 Å². The molecule has 0 saturated carbocycles. The first-order valence-corrected chi connectivity index (χ1v) is 7.34. The summed E-state index contributed by atoms with van der Waals surface area (Å²) in [7, 11) is 0. The third kappa shape index (κ3) is 4.84. The van der Waals surface area contributed by atoms with Crippen LogP contribution in [-0.4, -0.2) is 28.7 Å². The van der Waals surface area contributed by atoms with Crippen LogP contribution in [0.1, 0.15) is 57.6 Å². The molecule has 0 heterocycles. The second-order valence-corrected chi connectivity index (χ2v) is 6.70. The van der Waals surface area contributed by atoms with Crippen LogP contribution < -0.4 is 5.73 Å². The summed E-state index contributed by atoms with van der Waals surface area (Å²) in [6.45, 7) is 9.31. The lowest BCUT2D eigenvalue weighted by Gasteiger charge is -2.26. The fraction of sp³-hybridized carbons (Fsp3) is 0.529. The zero-order valence-electron chi connectivity index (χ0n) is 13.8. The molecule has 3 N–H and O–H groups in total. The van der Waals surface area contributed by atoms with E-state index in [1.165, 1.54) is 0 Å². The molecular weight excluding hydrogens is 282 g/mol. The molecule has 0 bridgehead atoms. The highest BCUT2D eigenvalue weighted by Crippen LogP contribution is 2.25. The van der Waals surface area contributed by atoms with E-state index < -0.39 is 29.5 Å². The molecule has 0 unspecified atom stereocenters. The Balaban J connectivity index is 3.15. The van der Waals surface area contributed by atoms with Crippen LogP contribution in [0.25, 0.3) is 0 Å². The molecule has 2 atom stereocenters. The van der Waals surface area contributed by atoms with Gasteiger partial charge in [-0.3, -0.25) is 9.59 Å². The first kappa shape index (κ1) is 18.2. The molecule has 0 aliphatic rings. The van der Waals surface area contributed by atoms with Gasteiger partial charge in [0.15, 0.2) is 0 Å². The predicted octanol–water partition coefficient (Wildman–Crippen LogP) is 2.65. The van der Waals surface area contributed by atoms with Crippen molar-refractivity contribution in [2.24, 2.45) is 5.73 Å². The Morgan fingerprint density at radius 3 is 1.91 bits per heavy atom. The van der Waals surface area contributed by atoms with Gasteiger partial charge in [0, 0.05) is 0 Å². The van der Waals surface area contributed by atoms with Gasteiger partial charge in [0.1, 0.15) is 17.6 Å². The number of aliphatic carboxylic acids is 1. The Hall–Kier alpha value is -1.88. The maximum atomic E-state index is 12.4. The van der Waals surface area contributed by atoms with Gasteiger partial charge < -0.3 is 15.6 Å². The Morgan fingerprint density at radius 2 is 1.55 bits per heavy atom. The van der Waals surface area contributed by atoms with Crippen LogP contribution >= 0.6 is 0 Å². The van der Waals surface area contributed by atoms with Crippen LogP contribution in [-0.2, 0) is 14.3 Å². The molecule has 0 radical (unpaired) electrons. The van der Waals surface area contributed by atoms with Gasteiger partial charge in [-0.1, -0.05) is 38.1 Å². The largest absolute Gasteiger partial charge is 0.480 e. The van der Waals surface area contributed by atoms with Crippen LogP contribution in [0.2, 0.25) is 0 Å². The monoisotopic (exact) mass is 307 g/mol. The average molecular weight is 307 g/mol. The first-order chi connectivity index (χ1) is 10.0. The van der Waals surface area contributed by atoms with Gasteiger partial charge in [0.2, 0.25) is 0 Å². The predicted molar refractivity (Wildman–Crippen MR) is 84.7 cm³/mol. The average Bonchev–Trinajstić information content (AvgIpc) is 2.37. The van der Waals surface area contributed by atoms with Crippen molar-refractivity contribution in [2.75, 3.05) is 0 Å². The third-order valence-corrected chi connectivity index (χ3v) is 3.27. The molecule has 0 fully saturated rings. The molecule has 0 spiro atoms. The fourth-order valence-electron chi connectivity index (χ4n) is 2.09. The number of benzene rings is 1. The van der Waals surface area contributed by atoms with Crippen LogP contribution in [0, 0.1) is 0 Å². The number of carbonyl (C=O) groups is 2. The lowest BCUT2D eigenvalue weighted by Crippen LogP contribution is -2.42. The van der Waals surface area contributed by atoms with Crippen molar-refractivity contribution in [2.45, 2.75) is 58.1 Å². The van der Waals surface area contributed by atoms with E-state index in [1.807, 2.05) is 12.1 Å². The first-order valence-electron chi connectivity index (χ1n) is 7.34. The molecule has 1 aromatic rings. The molecule has 0 amide bonds. The number of hydrogen-bond donors (Lipinski definition) is 2. The minimum atomic E-state index is -1.35. The van der Waals surface area contributed by atoms with Gasteiger partial charge in [-0.05, 0) is 37.8 Å². The molecule has 1 aromatic carbocycles. The number of carbonyl (C=O) groups excluding carboxylic acids is 1. The third-order valence-electron chi connectivity index (χ3n) is 3.27. The SMILES string of the molecule is CC(C)c1ccc([C@H](C(=O)OC(C)(C)C)[C@@H](N)C(=O)O)cc1. The summed E-state index contributed by atoms with van der Waals surface area (Å²) in [5.74, 6) is -2.54. The van der Waals surface area contributed by atoms with Crippen molar-refractivity contribution in [1.82, 2.24) is 0 Å². The van der Waals surface area contributed by atoms with Crippen molar-refractivity contribution in [3.63, 3.8) is 0 Å². The number of carboxylic acids is 1.